The van der Waals surface area contributed by atoms with Gasteiger partial charge in [-0.1, -0.05) is 68.2 Å². The van der Waals surface area contributed by atoms with Gasteiger partial charge in [0.2, 0.25) is 0 Å². The lowest BCUT2D eigenvalue weighted by Gasteiger charge is -2.32. The van der Waals surface area contributed by atoms with Crippen molar-refractivity contribution in [3.05, 3.63) is 214 Å². The number of amides is 2. The molecule has 2 N–H and O–H groups in total. The van der Waals surface area contributed by atoms with Gasteiger partial charge in [0.05, 0.1) is 64.7 Å². The fourth-order valence-corrected chi connectivity index (χ4v) is 10.4. The average molecular weight is 1350 g/mol. The molecule has 498 valence electrons. The van der Waals surface area contributed by atoms with Gasteiger partial charge in [-0.15, -0.1) is 0 Å². The second kappa shape index (κ2) is 30.2. The van der Waals surface area contributed by atoms with Crippen LogP contribution in [-0.4, -0.2) is 114 Å². The Morgan fingerprint density at radius 1 is 0.698 bits per heavy atom. The molecule has 12 rings (SSSR count). The van der Waals surface area contributed by atoms with Crippen molar-refractivity contribution in [1.29, 1.82) is 0 Å². The molecule has 1 aliphatic carbocycles. The van der Waals surface area contributed by atoms with Crippen LogP contribution in [0.3, 0.4) is 0 Å². The number of alkyl halides is 3. The Morgan fingerprint density at radius 2 is 1.28 bits per heavy atom. The number of hydrogen-bond donors (Lipinski definition) is 2. The first kappa shape index (κ1) is 72.5. The predicted molar refractivity (Wildman–Crippen MR) is 369 cm³/mol. The Hall–Kier alpha value is -9.37. The highest BCUT2D eigenvalue weighted by atomic mass is 35.5. The zero-order chi connectivity index (χ0) is 67.3. The van der Waals surface area contributed by atoms with Gasteiger partial charge in [0.15, 0.2) is 0 Å². The Morgan fingerprint density at radius 3 is 1.92 bits per heavy atom. The van der Waals surface area contributed by atoms with Crippen molar-refractivity contribution in [3.63, 3.8) is 0 Å². The van der Waals surface area contributed by atoms with E-state index in [1.165, 1.54) is 36.5 Å². The molecule has 24 heteroatoms. The largest absolute Gasteiger partial charge is 0.494 e. The van der Waals surface area contributed by atoms with E-state index >= 15 is 0 Å². The number of pyridine rings is 4. The Labute approximate surface area is 565 Å². The normalized spacial score (nSPS) is 13.6. The molecule has 0 atom stereocenters. The number of anilines is 1. The molecule has 1 fully saturated rings. The fraction of sp³-hybridized carbons (Fsp3) is 0.278. The van der Waals surface area contributed by atoms with Crippen molar-refractivity contribution >= 4 is 86.4 Å². The van der Waals surface area contributed by atoms with E-state index in [0.29, 0.717) is 30.1 Å². The molecular weight excluding hydrogens is 1280 g/mol. The van der Waals surface area contributed by atoms with Crippen LogP contribution in [0.5, 0.6) is 0 Å². The summed E-state index contributed by atoms with van der Waals surface area (Å²) in [5.74, 6) is 1.75. The summed E-state index contributed by atoms with van der Waals surface area (Å²) >= 11 is 12.0. The molecule has 6 aromatic heterocycles. The lowest BCUT2D eigenvalue weighted by molar-refractivity contribution is -0.167. The van der Waals surface area contributed by atoms with Crippen LogP contribution in [0.2, 0.25) is 10.0 Å². The number of nitrogens with one attached hydrogen (secondary N) is 2. The first-order valence-corrected chi connectivity index (χ1v) is 30.6. The number of carbonyl (C=O) groups excluding carboxylic acids is 2. The van der Waals surface area contributed by atoms with E-state index in [1.54, 1.807) is 35.6 Å². The van der Waals surface area contributed by atoms with Crippen LogP contribution >= 0.6 is 23.2 Å². The van der Waals surface area contributed by atoms with Gasteiger partial charge in [0, 0.05) is 118 Å². The molecule has 1 saturated heterocycles. The maximum atomic E-state index is 15.0. The quantitative estimate of drug-likeness (QED) is 0.0673. The third-order valence-electron chi connectivity index (χ3n) is 15.7. The van der Waals surface area contributed by atoms with Crippen LogP contribution in [0.25, 0.3) is 55.2 Å². The smallest absolute Gasteiger partial charge is 0.444 e. The monoisotopic (exact) mass is 1350 g/mol. The molecule has 10 aromatic rings. The van der Waals surface area contributed by atoms with Gasteiger partial charge in [0.1, 0.15) is 22.9 Å². The molecule has 0 unspecified atom stereocenters. The lowest BCUT2D eigenvalue weighted by atomic mass is 9.78. The molecule has 0 bridgehead atoms. The predicted octanol–water partition coefficient (Wildman–Crippen LogP) is 15.3. The van der Waals surface area contributed by atoms with Crippen molar-refractivity contribution in [1.82, 2.24) is 49.7 Å². The summed E-state index contributed by atoms with van der Waals surface area (Å²) in [5, 5.41) is 16.5. The highest BCUT2D eigenvalue weighted by Crippen LogP contribution is 2.43. The summed E-state index contributed by atoms with van der Waals surface area (Å²) in [6.07, 6.45) is 9.66. The average Bonchev–Trinajstić information content (AvgIpc) is 1.59. The molecule has 96 heavy (non-hydrogen) atoms. The van der Waals surface area contributed by atoms with Crippen LogP contribution in [0, 0.1) is 23.5 Å². The Kier molecular flexibility index (Phi) is 22.8. The maximum absolute atomic E-state index is 15.0. The highest BCUT2D eigenvalue weighted by Gasteiger charge is 2.51. The van der Waals surface area contributed by atoms with Crippen molar-refractivity contribution in [3.8, 4) is 34.1 Å². The molecule has 1 aliphatic heterocycles. The van der Waals surface area contributed by atoms with Gasteiger partial charge in [-0.2, -0.15) is 23.4 Å². The van der Waals surface area contributed by atoms with Crippen LogP contribution in [0.15, 0.2) is 159 Å². The van der Waals surface area contributed by atoms with E-state index in [0.717, 1.165) is 96.6 Å². The minimum absolute atomic E-state index is 0. The summed E-state index contributed by atoms with van der Waals surface area (Å²) in [6.45, 7) is 16.5. The number of halogens is 7. The number of likely N-dealkylation sites (N-methyl/N-ethyl adjacent to an activating group) is 2. The van der Waals surface area contributed by atoms with Crippen molar-refractivity contribution < 1.29 is 45.6 Å². The molecule has 16 nitrogen and oxygen atoms in total. The summed E-state index contributed by atoms with van der Waals surface area (Å²) < 4.78 is 86.9. The Balaban J connectivity index is 0.000000187. The number of nitrogens with zero attached hydrogens (tertiary/aromatic N) is 9. The van der Waals surface area contributed by atoms with Gasteiger partial charge in [-0.05, 0) is 169 Å². The van der Waals surface area contributed by atoms with E-state index in [4.69, 9.17) is 37.2 Å². The third kappa shape index (κ3) is 17.4. The second-order valence-electron chi connectivity index (χ2n) is 24.3. The van der Waals surface area contributed by atoms with E-state index in [1.807, 2.05) is 111 Å². The summed E-state index contributed by atoms with van der Waals surface area (Å²) in [5.41, 5.74) is 10.2. The molecule has 0 spiro atoms. The molecule has 7 heterocycles. The minimum Gasteiger partial charge on any atom is -0.444 e. The first-order valence-electron chi connectivity index (χ1n) is 29.8. The van der Waals surface area contributed by atoms with E-state index in [9.17, 15) is 31.5 Å². The number of ether oxygens (including phenoxy) is 1. The van der Waals surface area contributed by atoms with Gasteiger partial charge in [-0.3, -0.25) is 29.1 Å². The van der Waals surface area contributed by atoms with Crippen LogP contribution in [0.1, 0.15) is 97.0 Å². The zero-order valence-electron chi connectivity index (χ0n) is 52.8. The van der Waals surface area contributed by atoms with Crippen molar-refractivity contribution in [2.75, 3.05) is 32.5 Å². The number of allylic oxidation sites excluding steroid dienone is 1. The third-order valence-corrected chi connectivity index (χ3v) is 16.2. The number of aromatic nitrogens is 8. The lowest BCUT2D eigenvalue weighted by Crippen LogP contribution is -2.41. The zero-order valence-corrected chi connectivity index (χ0v) is 54.3. The van der Waals surface area contributed by atoms with Crippen molar-refractivity contribution in [2.45, 2.75) is 106 Å². The second-order valence-corrected chi connectivity index (χ2v) is 25.1. The summed E-state index contributed by atoms with van der Waals surface area (Å²) in [6, 6.07) is 31.4. The van der Waals surface area contributed by atoms with Crippen LogP contribution in [0.4, 0.5) is 32.4 Å². The molecule has 2 aliphatic rings. The highest BCUT2D eigenvalue weighted by molar-refractivity contribution is 6.62. The van der Waals surface area contributed by atoms with Crippen LogP contribution < -0.4 is 16.1 Å². The summed E-state index contributed by atoms with van der Waals surface area (Å²) in [7, 11) is 3.23. The number of carbonyl (C=O) groups is 2. The van der Waals surface area contributed by atoms with Gasteiger partial charge in [0.25, 0.3) is 0 Å². The topological polar surface area (TPSA) is 176 Å². The molecule has 4 aromatic carbocycles. The minimum atomic E-state index is -5.04. The maximum Gasteiger partial charge on any atom is 0.494 e. The van der Waals surface area contributed by atoms with Crippen molar-refractivity contribution in [2.24, 2.45) is 0 Å². The van der Waals surface area contributed by atoms with Gasteiger partial charge in [-0.25, -0.2) is 18.6 Å². The van der Waals surface area contributed by atoms with E-state index < -0.39 is 41.8 Å². The van der Waals surface area contributed by atoms with Gasteiger partial charge < -0.3 is 29.6 Å². The number of fused-ring (bicyclic) bond motifs is 3. The SMILES string of the molecule is C.C.CN(CCn1cc(-c2cnc3ccc(B4OC(C)(C)C(C)(C)O4)cc3c2)cn1)C(=O)OC(C)(C)C.CNCCn1cc(-c2cnc3ccc(C4=C(c5cc(Cl)ccc5F)Cc5cccnc54)cc3c2)cn1.O=C(Nc1cccnc1C#Cc1cc(Cl)ccc1F)C(F)(F)F. The molecule has 0 radical (unpaired) electrons. The molecule has 0 saturated carbocycles. The fourth-order valence-electron chi connectivity index (χ4n) is 10.1. The van der Waals surface area contributed by atoms with E-state index in [-0.39, 0.29) is 48.7 Å². The van der Waals surface area contributed by atoms with Gasteiger partial charge >= 0.3 is 25.3 Å². The number of rotatable bonds is 12. The standard InChI is InChI=1S/C29H23ClFN5.C26H35BN4O4.C15H7ClF4N2O.2CH4/c1-32-9-10-36-17-22(16-35-36)21-12-20-11-18(4-7-27(20)34-15-21)28-25(13-19-3-2-8-33-29(19)28)24-14-23(30)5-6-26(24)31;1-24(2,3)33-23(32)30(8)11-12-31-17-20(16-29-31)19-13-18-14-21(9-10-22(18)28-15-19)27-34-25(4,5)26(6,7)35-27;16-10-4-5-11(17)9(8-10)3-6-12-13(2-1-7-21-12)22-14(23)15(18,19)20;;/h2-8,11-12,14-17,32H,9-10,13H2,1H3;9-10,13-17H,11-12H2,1-8H3;1-2,4-5,7-8H,(H,22,23);2*1H4. The number of benzene rings is 4. The van der Waals surface area contributed by atoms with Crippen LogP contribution in [-0.2, 0) is 38.4 Å². The van der Waals surface area contributed by atoms with E-state index in [2.05, 4.69) is 99.3 Å². The Bertz CT molecular complexity index is 4560. The first-order chi connectivity index (χ1) is 44.6. The summed E-state index contributed by atoms with van der Waals surface area (Å²) in [4.78, 5) is 42.5. The molecule has 2 amide bonds. The molecular formula is C72H73BCl2F5N11O5. The number of hydrogen-bond acceptors (Lipinski definition) is 12.